The Balaban J connectivity index is 1.36. The summed E-state index contributed by atoms with van der Waals surface area (Å²) in [7, 11) is 0. The van der Waals surface area contributed by atoms with Gasteiger partial charge in [-0.2, -0.15) is 5.10 Å². The molecule has 0 bridgehead atoms. The molecule has 0 saturated carbocycles. The molecule has 4 nitrogen and oxygen atoms in total. The van der Waals surface area contributed by atoms with Crippen LogP contribution in [0.5, 0.6) is 5.75 Å². The van der Waals surface area contributed by atoms with Crippen molar-refractivity contribution in [2.45, 2.75) is 0 Å². The molecule has 0 heterocycles. The molecular formula is C23H17BrN2O2. The maximum atomic E-state index is 12.0. The van der Waals surface area contributed by atoms with E-state index in [-0.39, 0.29) is 12.5 Å². The number of fused-ring (bicyclic) bond motifs is 2. The molecule has 1 N–H and O–H groups in total. The highest BCUT2D eigenvalue weighted by atomic mass is 79.9. The third-order valence-corrected chi connectivity index (χ3v) is 5.18. The number of carbonyl (C=O) groups excluding carboxylic acids is 1. The minimum Gasteiger partial charge on any atom is -0.483 e. The SMILES string of the molecule is O=C(COc1ccc2ccccc2c1Br)NN=Cc1ccc2ccccc2c1. The lowest BCUT2D eigenvalue weighted by Gasteiger charge is -2.09. The minimum atomic E-state index is -0.322. The zero-order valence-corrected chi connectivity index (χ0v) is 16.5. The molecule has 138 valence electrons. The number of ether oxygens (including phenoxy) is 1. The zero-order valence-electron chi connectivity index (χ0n) is 14.9. The van der Waals surface area contributed by atoms with Gasteiger partial charge in [0.1, 0.15) is 5.75 Å². The van der Waals surface area contributed by atoms with Crippen LogP contribution >= 0.6 is 15.9 Å². The quantitative estimate of drug-likeness (QED) is 0.344. The van der Waals surface area contributed by atoms with Crippen molar-refractivity contribution in [2.24, 2.45) is 5.10 Å². The van der Waals surface area contributed by atoms with Gasteiger partial charge in [0.2, 0.25) is 0 Å². The molecule has 0 unspecified atom stereocenters. The molecule has 0 aromatic heterocycles. The summed E-state index contributed by atoms with van der Waals surface area (Å²) in [4.78, 5) is 12.0. The normalized spacial score (nSPS) is 11.2. The average Bonchev–Trinajstić information content (AvgIpc) is 2.73. The van der Waals surface area contributed by atoms with Gasteiger partial charge in [-0.1, -0.05) is 66.7 Å². The lowest BCUT2D eigenvalue weighted by Crippen LogP contribution is -2.24. The smallest absolute Gasteiger partial charge is 0.277 e. The molecule has 0 aliphatic heterocycles. The largest absolute Gasteiger partial charge is 0.483 e. The molecule has 4 aromatic rings. The third-order valence-electron chi connectivity index (χ3n) is 4.36. The number of nitrogens with one attached hydrogen (secondary N) is 1. The summed E-state index contributed by atoms with van der Waals surface area (Å²) >= 11 is 3.55. The Labute approximate surface area is 171 Å². The Morgan fingerprint density at radius 3 is 2.50 bits per heavy atom. The van der Waals surface area contributed by atoms with Gasteiger partial charge in [0.05, 0.1) is 10.7 Å². The molecule has 0 spiro atoms. The van der Waals surface area contributed by atoms with Crippen LogP contribution in [0.4, 0.5) is 0 Å². The number of nitrogens with zero attached hydrogens (tertiary/aromatic N) is 1. The van der Waals surface area contributed by atoms with Crippen LogP contribution < -0.4 is 10.2 Å². The average molecular weight is 433 g/mol. The van der Waals surface area contributed by atoms with Crippen LogP contribution in [0.1, 0.15) is 5.56 Å². The highest BCUT2D eigenvalue weighted by Gasteiger charge is 2.08. The highest BCUT2D eigenvalue weighted by molar-refractivity contribution is 9.10. The summed E-state index contributed by atoms with van der Waals surface area (Å²) in [6.07, 6.45) is 1.62. The fourth-order valence-electron chi connectivity index (χ4n) is 2.97. The van der Waals surface area contributed by atoms with Crippen molar-refractivity contribution in [3.8, 4) is 5.75 Å². The van der Waals surface area contributed by atoms with Crippen LogP contribution in [-0.4, -0.2) is 18.7 Å². The lowest BCUT2D eigenvalue weighted by atomic mass is 10.1. The number of halogens is 1. The number of benzene rings is 4. The van der Waals surface area contributed by atoms with Crippen LogP contribution in [0.25, 0.3) is 21.5 Å². The Bertz CT molecular complexity index is 1190. The van der Waals surface area contributed by atoms with Crippen molar-refractivity contribution in [3.63, 3.8) is 0 Å². The molecule has 1 amide bonds. The molecule has 0 saturated heterocycles. The van der Waals surface area contributed by atoms with E-state index in [1.165, 1.54) is 0 Å². The van der Waals surface area contributed by atoms with Gasteiger partial charge in [-0.25, -0.2) is 5.43 Å². The molecular weight excluding hydrogens is 416 g/mol. The van der Waals surface area contributed by atoms with Gasteiger partial charge in [-0.3, -0.25) is 4.79 Å². The van der Waals surface area contributed by atoms with Gasteiger partial charge in [0.15, 0.2) is 6.61 Å². The number of hydrogen-bond acceptors (Lipinski definition) is 3. The van der Waals surface area contributed by atoms with Crippen molar-refractivity contribution in [1.82, 2.24) is 5.43 Å². The third kappa shape index (κ3) is 4.05. The molecule has 4 rings (SSSR count). The molecule has 0 radical (unpaired) electrons. The summed E-state index contributed by atoms with van der Waals surface area (Å²) in [5.41, 5.74) is 3.41. The van der Waals surface area contributed by atoms with E-state index in [2.05, 4.69) is 32.5 Å². The number of amides is 1. The summed E-state index contributed by atoms with van der Waals surface area (Å²) < 4.78 is 6.47. The standard InChI is InChI=1S/C23H17BrN2O2/c24-23-20-8-4-3-6-18(20)11-12-21(23)28-15-22(27)26-25-14-16-9-10-17-5-1-2-7-19(17)13-16/h1-14H,15H2,(H,26,27). The van der Waals surface area contributed by atoms with E-state index in [0.29, 0.717) is 5.75 Å². The molecule has 28 heavy (non-hydrogen) atoms. The molecule has 0 aliphatic carbocycles. The first-order valence-corrected chi connectivity index (χ1v) is 9.61. The fraction of sp³-hybridized carbons (Fsp3) is 0.0435. The maximum absolute atomic E-state index is 12.0. The van der Waals surface area contributed by atoms with E-state index in [9.17, 15) is 4.79 Å². The van der Waals surface area contributed by atoms with Gasteiger partial charge in [-0.05, 0) is 55.2 Å². The van der Waals surface area contributed by atoms with Crippen molar-refractivity contribution >= 4 is 49.6 Å². The number of rotatable bonds is 5. The van der Waals surface area contributed by atoms with Crippen LogP contribution in [0.3, 0.4) is 0 Å². The highest BCUT2D eigenvalue weighted by Crippen LogP contribution is 2.32. The van der Waals surface area contributed by atoms with Crippen LogP contribution in [0.15, 0.2) is 88.4 Å². The first-order valence-electron chi connectivity index (χ1n) is 8.81. The monoisotopic (exact) mass is 432 g/mol. The first-order chi connectivity index (χ1) is 13.7. The fourth-order valence-corrected chi connectivity index (χ4v) is 3.58. The van der Waals surface area contributed by atoms with Crippen LogP contribution in [0.2, 0.25) is 0 Å². The van der Waals surface area contributed by atoms with E-state index in [0.717, 1.165) is 31.6 Å². The van der Waals surface area contributed by atoms with Gasteiger partial charge in [0, 0.05) is 0 Å². The minimum absolute atomic E-state index is 0.119. The van der Waals surface area contributed by atoms with Gasteiger partial charge < -0.3 is 4.74 Å². The molecule has 0 fully saturated rings. The van der Waals surface area contributed by atoms with E-state index in [1.54, 1.807) is 6.21 Å². The van der Waals surface area contributed by atoms with Gasteiger partial charge in [0.25, 0.3) is 5.91 Å². The van der Waals surface area contributed by atoms with Crippen molar-refractivity contribution < 1.29 is 9.53 Å². The van der Waals surface area contributed by atoms with Gasteiger partial charge in [-0.15, -0.1) is 0 Å². The second-order valence-electron chi connectivity index (χ2n) is 6.29. The number of hydrogen-bond donors (Lipinski definition) is 1. The molecule has 0 aliphatic rings. The summed E-state index contributed by atoms with van der Waals surface area (Å²) in [6.45, 7) is -0.119. The number of hydrazone groups is 1. The predicted octanol–water partition coefficient (Wildman–Crippen LogP) is 5.28. The number of carbonyl (C=O) groups is 1. The maximum Gasteiger partial charge on any atom is 0.277 e. The summed E-state index contributed by atoms with van der Waals surface area (Å²) in [6, 6.07) is 25.9. The summed E-state index contributed by atoms with van der Waals surface area (Å²) in [5, 5.41) is 8.45. The zero-order chi connectivity index (χ0) is 19.3. The van der Waals surface area contributed by atoms with Crippen molar-refractivity contribution in [1.29, 1.82) is 0 Å². The Morgan fingerprint density at radius 2 is 1.64 bits per heavy atom. The molecule has 4 aromatic carbocycles. The molecule has 5 heteroatoms. The second kappa shape index (κ2) is 8.23. The van der Waals surface area contributed by atoms with Crippen molar-refractivity contribution in [2.75, 3.05) is 6.61 Å². The van der Waals surface area contributed by atoms with Crippen LogP contribution in [0, 0.1) is 0 Å². The topological polar surface area (TPSA) is 50.7 Å². The predicted molar refractivity (Wildman–Crippen MR) is 117 cm³/mol. The first kappa shape index (κ1) is 18.2. The second-order valence-corrected chi connectivity index (χ2v) is 7.08. The Hall–Kier alpha value is -3.18. The Kier molecular flexibility index (Phi) is 5.35. The van der Waals surface area contributed by atoms with Gasteiger partial charge >= 0.3 is 0 Å². The van der Waals surface area contributed by atoms with E-state index in [4.69, 9.17) is 4.74 Å². The van der Waals surface area contributed by atoms with Crippen LogP contribution in [-0.2, 0) is 4.79 Å². The summed E-state index contributed by atoms with van der Waals surface area (Å²) in [5.74, 6) is 0.296. The lowest BCUT2D eigenvalue weighted by molar-refractivity contribution is -0.123. The van der Waals surface area contributed by atoms with E-state index >= 15 is 0 Å². The Morgan fingerprint density at radius 1 is 0.929 bits per heavy atom. The van der Waals surface area contributed by atoms with E-state index in [1.807, 2.05) is 72.8 Å². The molecule has 0 atom stereocenters. The van der Waals surface area contributed by atoms with Crippen molar-refractivity contribution in [3.05, 3.63) is 88.9 Å². The van der Waals surface area contributed by atoms with E-state index < -0.39 is 0 Å².